The van der Waals surface area contributed by atoms with Crippen LogP contribution in [-0.2, 0) is 6.54 Å². The maximum Gasteiger partial charge on any atom is 0.229 e. The summed E-state index contributed by atoms with van der Waals surface area (Å²) in [7, 11) is 4.06. The van der Waals surface area contributed by atoms with E-state index >= 15 is 0 Å². The smallest absolute Gasteiger partial charge is 0.229 e. The maximum absolute atomic E-state index is 5.72. The van der Waals surface area contributed by atoms with Gasteiger partial charge in [-0.05, 0) is 50.8 Å². The molecule has 0 radical (unpaired) electrons. The van der Waals surface area contributed by atoms with Gasteiger partial charge >= 0.3 is 0 Å². The summed E-state index contributed by atoms with van der Waals surface area (Å²) in [4.78, 5) is 11.1. The number of aryl methyl sites for hydroxylation is 1. The quantitative estimate of drug-likeness (QED) is 0.586. The first-order chi connectivity index (χ1) is 13.6. The molecule has 0 amide bonds. The number of hydrogen-bond donors (Lipinski definition) is 2. The van der Waals surface area contributed by atoms with Crippen molar-refractivity contribution in [2.24, 2.45) is 0 Å². The van der Waals surface area contributed by atoms with Crippen LogP contribution in [0.3, 0.4) is 0 Å². The standard InChI is InChI=1S/C22H27N5O/c1-17-15-24-22(26-21(17)23-16-18-7-5-4-6-8-18)25-19-9-11-20(12-10-19)28-14-13-27(2)3/h4-12,15H,13-14,16H2,1-3H3,(H2,23,24,25,26). The predicted molar refractivity (Wildman–Crippen MR) is 114 cm³/mol. The van der Waals surface area contributed by atoms with E-state index in [9.17, 15) is 0 Å². The fourth-order valence-corrected chi connectivity index (χ4v) is 2.57. The van der Waals surface area contributed by atoms with E-state index in [1.54, 1.807) is 0 Å². The molecule has 0 saturated carbocycles. The minimum Gasteiger partial charge on any atom is -0.492 e. The molecule has 146 valence electrons. The van der Waals surface area contributed by atoms with Gasteiger partial charge in [0.2, 0.25) is 5.95 Å². The summed E-state index contributed by atoms with van der Waals surface area (Å²) in [6.07, 6.45) is 1.82. The van der Waals surface area contributed by atoms with Gasteiger partial charge in [0.1, 0.15) is 18.2 Å². The van der Waals surface area contributed by atoms with Gasteiger partial charge in [-0.1, -0.05) is 30.3 Å². The Morgan fingerprint density at radius 2 is 1.75 bits per heavy atom. The molecule has 2 aromatic carbocycles. The Bertz CT molecular complexity index is 866. The van der Waals surface area contributed by atoms with Crippen LogP contribution in [0.15, 0.2) is 60.8 Å². The Morgan fingerprint density at radius 1 is 1.00 bits per heavy atom. The highest BCUT2D eigenvalue weighted by Crippen LogP contribution is 2.20. The van der Waals surface area contributed by atoms with Crippen molar-refractivity contribution in [3.05, 3.63) is 71.9 Å². The van der Waals surface area contributed by atoms with Gasteiger partial charge in [0, 0.05) is 30.5 Å². The van der Waals surface area contributed by atoms with Crippen molar-refractivity contribution >= 4 is 17.5 Å². The van der Waals surface area contributed by atoms with Crippen LogP contribution in [0, 0.1) is 6.92 Å². The third-order valence-corrected chi connectivity index (χ3v) is 4.19. The van der Waals surface area contributed by atoms with Crippen molar-refractivity contribution < 1.29 is 4.74 Å². The minimum atomic E-state index is 0.558. The third-order valence-electron chi connectivity index (χ3n) is 4.19. The van der Waals surface area contributed by atoms with E-state index in [2.05, 4.69) is 37.6 Å². The lowest BCUT2D eigenvalue weighted by molar-refractivity contribution is 0.261. The molecule has 0 fully saturated rings. The van der Waals surface area contributed by atoms with Gasteiger partial charge < -0.3 is 20.3 Å². The number of nitrogens with one attached hydrogen (secondary N) is 2. The third kappa shape index (κ3) is 5.96. The van der Waals surface area contributed by atoms with Crippen molar-refractivity contribution in [2.45, 2.75) is 13.5 Å². The van der Waals surface area contributed by atoms with E-state index in [1.165, 1.54) is 5.56 Å². The van der Waals surface area contributed by atoms with E-state index in [4.69, 9.17) is 4.74 Å². The van der Waals surface area contributed by atoms with Crippen molar-refractivity contribution in [1.82, 2.24) is 14.9 Å². The average molecular weight is 377 g/mol. The molecule has 3 aromatic rings. The Hall–Kier alpha value is -3.12. The van der Waals surface area contributed by atoms with Crippen molar-refractivity contribution in [3.63, 3.8) is 0 Å². The summed E-state index contributed by atoms with van der Waals surface area (Å²) >= 11 is 0. The molecule has 0 unspecified atom stereocenters. The van der Waals surface area contributed by atoms with Gasteiger partial charge in [0.25, 0.3) is 0 Å². The van der Waals surface area contributed by atoms with E-state index in [0.29, 0.717) is 12.6 Å². The number of anilines is 3. The molecule has 3 rings (SSSR count). The second kappa shape index (κ2) is 9.71. The van der Waals surface area contributed by atoms with Crippen LogP contribution in [0.25, 0.3) is 0 Å². The molecule has 1 heterocycles. The van der Waals surface area contributed by atoms with Crippen molar-refractivity contribution in [3.8, 4) is 5.75 Å². The lowest BCUT2D eigenvalue weighted by atomic mass is 10.2. The maximum atomic E-state index is 5.72. The number of benzene rings is 2. The molecule has 0 aliphatic carbocycles. The highest BCUT2D eigenvalue weighted by Gasteiger charge is 2.05. The zero-order valence-corrected chi connectivity index (χ0v) is 16.6. The summed E-state index contributed by atoms with van der Waals surface area (Å²) in [6, 6.07) is 18.1. The SMILES string of the molecule is Cc1cnc(Nc2ccc(OCCN(C)C)cc2)nc1NCc1ccccc1. The number of nitrogens with zero attached hydrogens (tertiary/aromatic N) is 3. The number of hydrogen-bond acceptors (Lipinski definition) is 6. The van der Waals surface area contributed by atoms with E-state index < -0.39 is 0 Å². The normalized spacial score (nSPS) is 10.7. The number of aromatic nitrogens is 2. The second-order valence-corrected chi connectivity index (χ2v) is 6.87. The van der Waals surface area contributed by atoms with Gasteiger partial charge in [-0.3, -0.25) is 0 Å². The topological polar surface area (TPSA) is 62.3 Å². The summed E-state index contributed by atoms with van der Waals surface area (Å²) < 4.78 is 5.72. The van der Waals surface area contributed by atoms with Crippen molar-refractivity contribution in [2.75, 3.05) is 37.9 Å². The highest BCUT2D eigenvalue weighted by molar-refractivity contribution is 5.57. The van der Waals surface area contributed by atoms with Crippen LogP contribution in [0.2, 0.25) is 0 Å². The number of ether oxygens (including phenoxy) is 1. The molecule has 0 aliphatic rings. The number of likely N-dealkylation sites (N-methyl/N-ethyl adjacent to an activating group) is 1. The lowest BCUT2D eigenvalue weighted by Gasteiger charge is -2.12. The molecule has 6 heteroatoms. The first-order valence-corrected chi connectivity index (χ1v) is 9.36. The summed E-state index contributed by atoms with van der Waals surface area (Å²) in [6.45, 7) is 4.27. The Labute approximate surface area is 166 Å². The van der Waals surface area contributed by atoms with E-state index in [1.807, 2.05) is 69.7 Å². The summed E-state index contributed by atoms with van der Waals surface area (Å²) in [5.74, 6) is 2.23. The number of rotatable bonds is 9. The molecule has 0 bridgehead atoms. The second-order valence-electron chi connectivity index (χ2n) is 6.87. The molecule has 28 heavy (non-hydrogen) atoms. The predicted octanol–water partition coefficient (Wildman–Crippen LogP) is 4.08. The van der Waals surface area contributed by atoms with Crippen LogP contribution in [0.4, 0.5) is 17.5 Å². The van der Waals surface area contributed by atoms with Crippen LogP contribution >= 0.6 is 0 Å². The van der Waals surface area contributed by atoms with Crippen LogP contribution in [-0.4, -0.2) is 42.1 Å². The largest absolute Gasteiger partial charge is 0.492 e. The molecule has 1 aromatic heterocycles. The van der Waals surface area contributed by atoms with Gasteiger partial charge in [0.05, 0.1) is 0 Å². The lowest BCUT2D eigenvalue weighted by Crippen LogP contribution is -2.19. The zero-order valence-electron chi connectivity index (χ0n) is 16.6. The Balaban J connectivity index is 1.59. The zero-order chi connectivity index (χ0) is 19.8. The van der Waals surface area contributed by atoms with Crippen LogP contribution in [0.1, 0.15) is 11.1 Å². The van der Waals surface area contributed by atoms with Crippen LogP contribution < -0.4 is 15.4 Å². The van der Waals surface area contributed by atoms with Gasteiger partial charge in [-0.25, -0.2) is 4.98 Å². The fraction of sp³-hybridized carbons (Fsp3) is 0.273. The monoisotopic (exact) mass is 377 g/mol. The first-order valence-electron chi connectivity index (χ1n) is 9.36. The van der Waals surface area contributed by atoms with Crippen molar-refractivity contribution in [1.29, 1.82) is 0 Å². The fourth-order valence-electron chi connectivity index (χ4n) is 2.57. The molecule has 0 atom stereocenters. The minimum absolute atomic E-state index is 0.558. The molecule has 6 nitrogen and oxygen atoms in total. The molecule has 0 spiro atoms. The van der Waals surface area contributed by atoms with Crippen LogP contribution in [0.5, 0.6) is 5.75 Å². The molecular formula is C22H27N5O. The van der Waals surface area contributed by atoms with Gasteiger partial charge in [-0.15, -0.1) is 0 Å². The van der Waals surface area contributed by atoms with Gasteiger partial charge in [0.15, 0.2) is 0 Å². The molecule has 0 saturated heterocycles. The molecular weight excluding hydrogens is 350 g/mol. The van der Waals surface area contributed by atoms with E-state index in [-0.39, 0.29) is 0 Å². The van der Waals surface area contributed by atoms with Gasteiger partial charge in [-0.2, -0.15) is 4.98 Å². The molecule has 2 N–H and O–H groups in total. The van der Waals surface area contributed by atoms with E-state index in [0.717, 1.165) is 35.9 Å². The first kappa shape index (κ1) is 19.6. The Morgan fingerprint density at radius 3 is 2.46 bits per heavy atom. The Kier molecular flexibility index (Phi) is 6.81. The summed E-state index contributed by atoms with van der Waals surface area (Å²) in [5.41, 5.74) is 3.13. The average Bonchev–Trinajstić information content (AvgIpc) is 2.70. The molecule has 0 aliphatic heterocycles. The highest BCUT2D eigenvalue weighted by atomic mass is 16.5. The summed E-state index contributed by atoms with van der Waals surface area (Å²) in [5, 5.41) is 6.63.